The number of allylic oxidation sites excluding steroid dienone is 2. The van der Waals surface area contributed by atoms with E-state index in [9.17, 15) is 14.7 Å². The summed E-state index contributed by atoms with van der Waals surface area (Å²) in [5.74, 6) is -0.482. The van der Waals surface area contributed by atoms with Crippen LogP contribution in [0.1, 0.15) is 25.8 Å². The van der Waals surface area contributed by atoms with E-state index in [1.807, 2.05) is 30.3 Å². The SMILES string of the molecule is CC(C)[C@@H](Cc1ccccc1)[C@@H](NC1OC(=O)[C@@H]2[C@H]1[C@@H]1C=C[C@H]2C1)C(=O)O. The third-order valence-electron chi connectivity index (χ3n) is 6.59. The van der Waals surface area contributed by atoms with E-state index in [-0.39, 0.29) is 35.6 Å². The van der Waals surface area contributed by atoms with Gasteiger partial charge in [-0.1, -0.05) is 56.3 Å². The molecular weight excluding hydrogens is 342 g/mol. The van der Waals surface area contributed by atoms with Crippen LogP contribution < -0.4 is 5.32 Å². The molecule has 0 amide bonds. The van der Waals surface area contributed by atoms with Crippen molar-refractivity contribution in [1.29, 1.82) is 0 Å². The zero-order valence-electron chi connectivity index (χ0n) is 15.7. The molecule has 1 saturated heterocycles. The quantitative estimate of drug-likeness (QED) is 0.571. The highest BCUT2D eigenvalue weighted by atomic mass is 16.6. The summed E-state index contributed by atoms with van der Waals surface area (Å²) in [6.07, 6.45) is 5.43. The van der Waals surface area contributed by atoms with Gasteiger partial charge >= 0.3 is 11.9 Å². The summed E-state index contributed by atoms with van der Waals surface area (Å²) in [5.41, 5.74) is 1.12. The van der Waals surface area contributed by atoms with Crippen LogP contribution in [-0.4, -0.2) is 29.3 Å². The molecule has 1 aliphatic heterocycles. The number of carbonyl (C=O) groups is 2. The lowest BCUT2D eigenvalue weighted by molar-refractivity contribution is -0.150. The van der Waals surface area contributed by atoms with Crippen molar-refractivity contribution >= 4 is 11.9 Å². The minimum atomic E-state index is -0.886. The summed E-state index contributed by atoms with van der Waals surface area (Å²) >= 11 is 0. The van der Waals surface area contributed by atoms with Gasteiger partial charge in [0, 0.05) is 5.92 Å². The number of esters is 1. The van der Waals surface area contributed by atoms with E-state index in [1.54, 1.807) is 0 Å². The van der Waals surface area contributed by atoms with Crippen molar-refractivity contribution in [2.75, 3.05) is 0 Å². The van der Waals surface area contributed by atoms with Gasteiger partial charge in [0.05, 0.1) is 5.92 Å². The summed E-state index contributed by atoms with van der Waals surface area (Å²) in [7, 11) is 0. The van der Waals surface area contributed by atoms with E-state index in [1.165, 1.54) is 0 Å². The fourth-order valence-electron chi connectivity index (χ4n) is 5.21. The minimum absolute atomic E-state index is 0.0545. The van der Waals surface area contributed by atoms with Gasteiger partial charge in [-0.3, -0.25) is 14.9 Å². The Morgan fingerprint density at radius 2 is 1.93 bits per heavy atom. The Morgan fingerprint density at radius 3 is 2.59 bits per heavy atom. The summed E-state index contributed by atoms with van der Waals surface area (Å²) in [4.78, 5) is 24.5. The second kappa shape index (κ2) is 7.12. The van der Waals surface area contributed by atoms with E-state index >= 15 is 0 Å². The van der Waals surface area contributed by atoms with Gasteiger partial charge in [0.1, 0.15) is 6.04 Å². The van der Waals surface area contributed by atoms with Gasteiger partial charge in [-0.2, -0.15) is 0 Å². The number of carboxylic acids is 1. The smallest absolute Gasteiger partial charge is 0.321 e. The van der Waals surface area contributed by atoms with Gasteiger partial charge in [-0.25, -0.2) is 0 Å². The standard InChI is InChI=1S/C22H27NO4/c1-12(2)16(10-13-6-4-3-5-7-13)19(21(24)25)23-20-17-14-8-9-15(11-14)18(17)22(26)27-20/h3-9,12,14-20,23H,10-11H2,1-2H3,(H,24,25)/t14-,15+,16-,17-,18+,19-,20?/m1/s1. The fraction of sp³-hybridized carbons (Fsp3) is 0.545. The molecule has 5 heteroatoms. The highest BCUT2D eigenvalue weighted by Gasteiger charge is 2.58. The zero-order chi connectivity index (χ0) is 19.1. The Kier molecular flexibility index (Phi) is 4.81. The molecule has 7 atom stereocenters. The number of rotatable bonds is 7. The van der Waals surface area contributed by atoms with Crippen LogP contribution in [0.5, 0.6) is 0 Å². The summed E-state index contributed by atoms with van der Waals surface area (Å²) < 4.78 is 5.62. The first kappa shape index (κ1) is 18.2. The van der Waals surface area contributed by atoms with Crippen LogP contribution in [0, 0.1) is 35.5 Å². The molecule has 27 heavy (non-hydrogen) atoms. The molecule has 0 radical (unpaired) electrons. The number of carboxylic acid groups (broad SMARTS) is 1. The number of fused-ring (bicyclic) bond motifs is 5. The zero-order valence-corrected chi connectivity index (χ0v) is 15.7. The Bertz CT molecular complexity index is 744. The van der Waals surface area contributed by atoms with Crippen molar-refractivity contribution in [3.8, 4) is 0 Å². The summed E-state index contributed by atoms with van der Waals surface area (Å²) in [6.45, 7) is 4.10. The fourth-order valence-corrected chi connectivity index (χ4v) is 5.21. The van der Waals surface area contributed by atoms with Gasteiger partial charge < -0.3 is 9.84 Å². The molecule has 1 aromatic rings. The molecule has 0 aromatic heterocycles. The van der Waals surface area contributed by atoms with Crippen LogP contribution >= 0.6 is 0 Å². The molecule has 4 rings (SSSR count). The largest absolute Gasteiger partial charge is 0.480 e. The van der Waals surface area contributed by atoms with Crippen LogP contribution in [0.25, 0.3) is 0 Å². The lowest BCUT2D eigenvalue weighted by atomic mass is 9.81. The maximum absolute atomic E-state index is 12.4. The molecule has 1 aromatic carbocycles. The highest BCUT2D eigenvalue weighted by molar-refractivity contribution is 5.78. The Hall–Kier alpha value is -2.14. The maximum atomic E-state index is 12.4. The van der Waals surface area contributed by atoms with Gasteiger partial charge in [-0.05, 0) is 42.1 Å². The first-order valence-corrected chi connectivity index (χ1v) is 9.87. The lowest BCUT2D eigenvalue weighted by Gasteiger charge is -2.32. The maximum Gasteiger partial charge on any atom is 0.321 e. The van der Waals surface area contributed by atoms with Crippen molar-refractivity contribution in [3.05, 3.63) is 48.0 Å². The lowest BCUT2D eigenvalue weighted by Crippen LogP contribution is -2.52. The molecule has 2 bridgehead atoms. The third kappa shape index (κ3) is 3.29. The molecule has 1 unspecified atom stereocenters. The second-order valence-electron chi connectivity index (χ2n) is 8.49. The van der Waals surface area contributed by atoms with Gasteiger partial charge in [-0.15, -0.1) is 0 Å². The number of ether oxygens (including phenoxy) is 1. The average Bonchev–Trinajstić information content (AvgIpc) is 3.32. The predicted molar refractivity (Wildman–Crippen MR) is 101 cm³/mol. The Labute approximate surface area is 159 Å². The molecule has 1 heterocycles. The Balaban J connectivity index is 1.54. The third-order valence-corrected chi connectivity index (χ3v) is 6.59. The number of hydrogen-bond acceptors (Lipinski definition) is 4. The monoisotopic (exact) mass is 369 g/mol. The molecule has 2 aliphatic carbocycles. The predicted octanol–water partition coefficient (Wildman–Crippen LogP) is 2.87. The summed E-state index contributed by atoms with van der Waals surface area (Å²) in [6, 6.07) is 9.20. The van der Waals surface area contributed by atoms with Crippen molar-refractivity contribution in [3.63, 3.8) is 0 Å². The van der Waals surface area contributed by atoms with Crippen molar-refractivity contribution in [2.24, 2.45) is 35.5 Å². The number of carbonyl (C=O) groups excluding carboxylic acids is 1. The molecule has 2 N–H and O–H groups in total. The van der Waals surface area contributed by atoms with Crippen LogP contribution in [-0.2, 0) is 20.7 Å². The second-order valence-corrected chi connectivity index (χ2v) is 8.49. The topological polar surface area (TPSA) is 75.6 Å². The molecule has 144 valence electrons. The number of aliphatic carboxylic acids is 1. The van der Waals surface area contributed by atoms with E-state index < -0.39 is 18.2 Å². The van der Waals surface area contributed by atoms with Crippen molar-refractivity contribution in [1.82, 2.24) is 5.32 Å². The van der Waals surface area contributed by atoms with Crippen molar-refractivity contribution < 1.29 is 19.4 Å². The number of benzene rings is 1. The molecule has 3 aliphatic rings. The van der Waals surface area contributed by atoms with E-state index in [0.717, 1.165) is 12.0 Å². The highest BCUT2D eigenvalue weighted by Crippen LogP contribution is 2.53. The van der Waals surface area contributed by atoms with Crippen LogP contribution in [0.4, 0.5) is 0 Å². The number of hydrogen-bond donors (Lipinski definition) is 2. The first-order chi connectivity index (χ1) is 13.0. The van der Waals surface area contributed by atoms with E-state index in [2.05, 4.69) is 31.3 Å². The van der Waals surface area contributed by atoms with Gasteiger partial charge in [0.25, 0.3) is 0 Å². The molecular formula is C22H27NO4. The normalized spacial score (nSPS) is 33.1. The van der Waals surface area contributed by atoms with Crippen LogP contribution in [0.15, 0.2) is 42.5 Å². The van der Waals surface area contributed by atoms with E-state index in [0.29, 0.717) is 12.3 Å². The average molecular weight is 369 g/mol. The summed E-state index contributed by atoms with van der Waals surface area (Å²) in [5, 5.41) is 13.2. The number of nitrogens with one attached hydrogen (secondary N) is 1. The minimum Gasteiger partial charge on any atom is -0.480 e. The van der Waals surface area contributed by atoms with Gasteiger partial charge in [0.2, 0.25) is 0 Å². The first-order valence-electron chi connectivity index (χ1n) is 9.87. The number of cyclic esters (lactones) is 1. The van der Waals surface area contributed by atoms with Crippen LogP contribution in [0.3, 0.4) is 0 Å². The molecule has 2 fully saturated rings. The van der Waals surface area contributed by atoms with Gasteiger partial charge in [0.15, 0.2) is 6.23 Å². The molecule has 5 nitrogen and oxygen atoms in total. The molecule has 1 saturated carbocycles. The van der Waals surface area contributed by atoms with E-state index in [4.69, 9.17) is 4.74 Å². The van der Waals surface area contributed by atoms with Crippen LogP contribution in [0.2, 0.25) is 0 Å². The van der Waals surface area contributed by atoms with Crippen molar-refractivity contribution in [2.45, 2.75) is 39.0 Å². The Morgan fingerprint density at radius 1 is 1.22 bits per heavy atom. The molecule has 0 spiro atoms.